The van der Waals surface area contributed by atoms with E-state index in [1.54, 1.807) is 0 Å². The van der Waals surface area contributed by atoms with Crippen LogP contribution in [-0.2, 0) is 4.43 Å². The van der Waals surface area contributed by atoms with Crippen molar-refractivity contribution < 1.29 is 22.0 Å². The Morgan fingerprint density at radius 3 is 1.86 bits per heavy atom. The lowest BCUT2D eigenvalue weighted by Crippen LogP contribution is -2.43. The van der Waals surface area contributed by atoms with Crippen LogP contribution < -0.4 is 0 Å². The van der Waals surface area contributed by atoms with Crippen LogP contribution in [0.2, 0.25) is 18.1 Å². The molecule has 0 saturated carbocycles. The second-order valence-corrected chi connectivity index (χ2v) is 12.3. The maximum absolute atomic E-state index is 13.7. The molecule has 0 aromatic rings. The third-order valence-electron chi connectivity index (χ3n) is 3.60. The van der Waals surface area contributed by atoms with Gasteiger partial charge in [0, 0.05) is 6.42 Å². The molecular formula is C14H27F4NOSi. The van der Waals surface area contributed by atoms with Gasteiger partial charge in [0.15, 0.2) is 8.32 Å². The molecule has 0 saturated heterocycles. The number of hydrogen-bond acceptors (Lipinski definition) is 2. The molecule has 1 atom stereocenters. The van der Waals surface area contributed by atoms with Gasteiger partial charge in [0.2, 0.25) is 0 Å². The molecule has 0 heterocycles. The second-order valence-electron chi connectivity index (χ2n) is 7.47. The van der Waals surface area contributed by atoms with Crippen LogP contribution >= 0.6 is 0 Å². The van der Waals surface area contributed by atoms with E-state index in [1.165, 1.54) is 13.8 Å². The maximum Gasteiger partial charge on any atom is 0.426 e. The quantitative estimate of drug-likeness (QED) is 0.375. The van der Waals surface area contributed by atoms with E-state index in [2.05, 4.69) is 4.99 Å². The molecule has 0 rings (SSSR count). The lowest BCUT2D eigenvalue weighted by atomic mass is 10.0. The molecule has 7 heteroatoms. The molecule has 0 radical (unpaired) electrons. The van der Waals surface area contributed by atoms with Crippen LogP contribution in [0, 0.1) is 0 Å². The minimum atomic E-state index is -4.49. The Morgan fingerprint density at radius 2 is 1.52 bits per heavy atom. The first-order valence-corrected chi connectivity index (χ1v) is 9.88. The average molecular weight is 329 g/mol. The van der Waals surface area contributed by atoms with Gasteiger partial charge >= 0.3 is 6.18 Å². The molecule has 0 aromatic heterocycles. The molecule has 2 nitrogen and oxygen atoms in total. The van der Waals surface area contributed by atoms with Crippen molar-refractivity contribution >= 4 is 14.5 Å². The van der Waals surface area contributed by atoms with Crippen LogP contribution in [0.4, 0.5) is 17.6 Å². The molecule has 0 aliphatic rings. The zero-order chi connectivity index (χ0) is 17.1. The third kappa shape index (κ3) is 9.24. The van der Waals surface area contributed by atoms with Crippen molar-refractivity contribution in [3.05, 3.63) is 0 Å². The molecule has 0 aliphatic heterocycles. The predicted molar refractivity (Wildman–Crippen MR) is 81.3 cm³/mol. The second kappa shape index (κ2) is 6.77. The Labute approximate surface area is 126 Å². The van der Waals surface area contributed by atoms with Gasteiger partial charge in [0.05, 0.1) is 12.6 Å². The first kappa shape index (κ1) is 20.6. The average Bonchev–Trinajstić information content (AvgIpc) is 2.17. The predicted octanol–water partition coefficient (Wildman–Crippen LogP) is 5.15. The van der Waals surface area contributed by atoms with E-state index in [9.17, 15) is 17.6 Å². The Morgan fingerprint density at radius 1 is 1.05 bits per heavy atom. The number of aliphatic imine (C=N–C) groups is 1. The van der Waals surface area contributed by atoms with Crippen LogP contribution in [0.15, 0.2) is 4.99 Å². The first-order chi connectivity index (χ1) is 9.04. The summed E-state index contributed by atoms with van der Waals surface area (Å²) in [7, 11) is -2.10. The minimum Gasteiger partial charge on any atom is -0.415 e. The highest BCUT2D eigenvalue weighted by atomic mass is 28.4. The largest absolute Gasteiger partial charge is 0.426 e. The van der Waals surface area contributed by atoms with E-state index in [1.807, 2.05) is 33.9 Å². The van der Waals surface area contributed by atoms with Crippen molar-refractivity contribution in [2.45, 2.75) is 77.1 Å². The van der Waals surface area contributed by atoms with E-state index < -0.39 is 26.2 Å². The lowest BCUT2D eigenvalue weighted by Gasteiger charge is -2.37. The fraction of sp³-hybridized carbons (Fsp3) is 0.929. The Hall–Kier alpha value is -0.433. The van der Waals surface area contributed by atoms with E-state index in [-0.39, 0.29) is 24.3 Å². The fourth-order valence-electron chi connectivity index (χ4n) is 1.43. The van der Waals surface area contributed by atoms with Crippen molar-refractivity contribution in [1.29, 1.82) is 0 Å². The molecule has 0 N–H and O–H groups in total. The zero-order valence-electron chi connectivity index (χ0n) is 13.9. The number of nitrogens with zero attached hydrogens (tertiary/aromatic N) is 1. The molecular weight excluding hydrogens is 302 g/mol. The molecule has 0 spiro atoms. The summed E-state index contributed by atoms with van der Waals surface area (Å²) in [4.78, 5) is 3.47. The number of alkyl halides is 4. The highest BCUT2D eigenvalue weighted by Gasteiger charge is 2.38. The van der Waals surface area contributed by atoms with Crippen LogP contribution in [0.1, 0.15) is 41.0 Å². The first-order valence-electron chi connectivity index (χ1n) is 6.97. The normalized spacial score (nSPS) is 16.5. The zero-order valence-corrected chi connectivity index (χ0v) is 14.9. The standard InChI is InChI=1S/C14H27F4NOSi/c1-12(2,3)21(6,7)20-9-11(8-13(4,5)15)19-10-14(16,17)18/h10-11H,8-9H2,1-7H3/b19-10+/t11-/m0/s1. The van der Waals surface area contributed by atoms with E-state index in [0.717, 1.165) is 0 Å². The van der Waals surface area contributed by atoms with Crippen LogP contribution in [0.3, 0.4) is 0 Å². The summed E-state index contributed by atoms with van der Waals surface area (Å²) in [6, 6.07) is -0.833. The van der Waals surface area contributed by atoms with Gasteiger partial charge in [-0.15, -0.1) is 0 Å². The Balaban J connectivity index is 4.89. The monoisotopic (exact) mass is 329 g/mol. The van der Waals surface area contributed by atoms with Gasteiger partial charge in [-0.25, -0.2) is 4.39 Å². The van der Waals surface area contributed by atoms with Crippen LogP contribution in [0.5, 0.6) is 0 Å². The minimum absolute atomic E-state index is 0.0103. The molecule has 0 unspecified atom stereocenters. The van der Waals surface area contributed by atoms with Crippen molar-refractivity contribution in [3.8, 4) is 0 Å². The molecule has 21 heavy (non-hydrogen) atoms. The highest BCUT2D eigenvalue weighted by Crippen LogP contribution is 2.37. The Bertz CT molecular complexity index is 353. The Kier molecular flexibility index (Phi) is 6.63. The third-order valence-corrected chi connectivity index (χ3v) is 8.10. The number of rotatable bonds is 6. The van der Waals surface area contributed by atoms with Crippen LogP contribution in [0.25, 0.3) is 0 Å². The number of halogens is 4. The van der Waals surface area contributed by atoms with Crippen molar-refractivity contribution in [1.82, 2.24) is 0 Å². The molecule has 0 fully saturated rings. The van der Waals surface area contributed by atoms with Crippen LogP contribution in [-0.4, -0.2) is 39.0 Å². The molecule has 0 aromatic carbocycles. The van der Waals surface area contributed by atoms with Gasteiger partial charge in [0.25, 0.3) is 0 Å². The smallest absolute Gasteiger partial charge is 0.415 e. The molecule has 126 valence electrons. The summed E-state index contributed by atoms with van der Waals surface area (Å²) in [6.07, 6.45) is -4.66. The van der Waals surface area contributed by atoms with Crippen molar-refractivity contribution in [2.24, 2.45) is 4.99 Å². The summed E-state index contributed by atoms with van der Waals surface area (Å²) >= 11 is 0. The van der Waals surface area contributed by atoms with Gasteiger partial charge in [0.1, 0.15) is 11.9 Å². The lowest BCUT2D eigenvalue weighted by molar-refractivity contribution is -0.0541. The van der Waals surface area contributed by atoms with Gasteiger partial charge < -0.3 is 4.43 Å². The highest BCUT2D eigenvalue weighted by molar-refractivity contribution is 6.74. The van der Waals surface area contributed by atoms with E-state index in [4.69, 9.17) is 4.43 Å². The summed E-state index contributed by atoms with van der Waals surface area (Å²) in [5.74, 6) is 0. The summed E-state index contributed by atoms with van der Waals surface area (Å²) < 4.78 is 56.3. The van der Waals surface area contributed by atoms with Gasteiger partial charge in [-0.3, -0.25) is 4.99 Å². The molecule has 0 amide bonds. The topological polar surface area (TPSA) is 21.6 Å². The summed E-state index contributed by atoms with van der Waals surface area (Å²) in [6.45, 7) is 12.8. The van der Waals surface area contributed by atoms with Crippen molar-refractivity contribution in [3.63, 3.8) is 0 Å². The van der Waals surface area contributed by atoms with Gasteiger partial charge in [-0.2, -0.15) is 13.2 Å². The summed E-state index contributed by atoms with van der Waals surface area (Å²) in [5.41, 5.74) is -1.59. The maximum atomic E-state index is 13.7. The molecule has 0 bridgehead atoms. The fourth-order valence-corrected chi connectivity index (χ4v) is 2.47. The van der Waals surface area contributed by atoms with E-state index in [0.29, 0.717) is 0 Å². The van der Waals surface area contributed by atoms with E-state index >= 15 is 0 Å². The van der Waals surface area contributed by atoms with Gasteiger partial charge in [-0.1, -0.05) is 20.8 Å². The number of hydrogen-bond donors (Lipinski definition) is 0. The SMILES string of the molecule is CC(C)(F)C[C@@H](CO[Si](C)(C)C(C)(C)C)/N=C/C(F)(F)F. The van der Waals surface area contributed by atoms with Gasteiger partial charge in [-0.05, 0) is 32.0 Å². The van der Waals surface area contributed by atoms with Crippen molar-refractivity contribution in [2.75, 3.05) is 6.61 Å². The molecule has 0 aliphatic carbocycles. The summed E-state index contributed by atoms with van der Waals surface area (Å²) in [5, 5.41) is -0.0590.